The van der Waals surface area contributed by atoms with Crippen LogP contribution in [0.2, 0.25) is 0 Å². The summed E-state index contributed by atoms with van der Waals surface area (Å²) < 4.78 is 0. The van der Waals surface area contributed by atoms with Gasteiger partial charge in [0.1, 0.15) is 0 Å². The van der Waals surface area contributed by atoms with Gasteiger partial charge < -0.3 is 10.4 Å². The Labute approximate surface area is 109 Å². The van der Waals surface area contributed by atoms with Gasteiger partial charge in [0, 0.05) is 11.9 Å². The SMILES string of the molecule is Cc1csc(NCc2ccccc2CC(=O)O)n1. The lowest BCUT2D eigenvalue weighted by Crippen LogP contribution is -2.07. The van der Waals surface area contributed by atoms with E-state index >= 15 is 0 Å². The second-order valence-corrected chi connectivity index (χ2v) is 4.84. The normalized spacial score (nSPS) is 10.3. The first-order chi connectivity index (χ1) is 8.65. The highest BCUT2D eigenvalue weighted by molar-refractivity contribution is 7.13. The molecule has 2 N–H and O–H groups in total. The van der Waals surface area contributed by atoms with Crippen molar-refractivity contribution in [2.75, 3.05) is 5.32 Å². The van der Waals surface area contributed by atoms with Crippen LogP contribution < -0.4 is 5.32 Å². The number of nitrogens with zero attached hydrogens (tertiary/aromatic N) is 1. The fourth-order valence-electron chi connectivity index (χ4n) is 1.67. The monoisotopic (exact) mass is 262 g/mol. The molecule has 0 spiro atoms. The van der Waals surface area contributed by atoms with Crippen molar-refractivity contribution in [2.24, 2.45) is 0 Å². The van der Waals surface area contributed by atoms with Crippen LogP contribution in [0.15, 0.2) is 29.6 Å². The molecule has 2 rings (SSSR count). The van der Waals surface area contributed by atoms with E-state index in [1.807, 2.05) is 36.6 Å². The first kappa shape index (κ1) is 12.6. The summed E-state index contributed by atoms with van der Waals surface area (Å²) in [5.41, 5.74) is 2.82. The molecule has 0 aliphatic heterocycles. The first-order valence-electron chi connectivity index (χ1n) is 5.60. The number of benzene rings is 1. The van der Waals surface area contributed by atoms with Gasteiger partial charge in [-0.05, 0) is 18.1 Å². The molecule has 0 unspecified atom stereocenters. The summed E-state index contributed by atoms with van der Waals surface area (Å²) in [7, 11) is 0. The zero-order chi connectivity index (χ0) is 13.0. The number of aliphatic carboxylic acids is 1. The molecule has 0 bridgehead atoms. The van der Waals surface area contributed by atoms with Gasteiger partial charge in [-0.15, -0.1) is 11.3 Å². The lowest BCUT2D eigenvalue weighted by Gasteiger charge is -2.08. The summed E-state index contributed by atoms with van der Waals surface area (Å²) in [4.78, 5) is 15.1. The van der Waals surface area contributed by atoms with Crippen molar-refractivity contribution in [3.8, 4) is 0 Å². The number of aromatic nitrogens is 1. The topological polar surface area (TPSA) is 62.2 Å². The van der Waals surface area contributed by atoms with Gasteiger partial charge in [-0.2, -0.15) is 0 Å². The van der Waals surface area contributed by atoms with Crippen LogP contribution in [0.4, 0.5) is 5.13 Å². The number of nitrogens with one attached hydrogen (secondary N) is 1. The number of carboxylic acid groups (broad SMARTS) is 1. The van der Waals surface area contributed by atoms with Crippen LogP contribution in [0, 0.1) is 6.92 Å². The van der Waals surface area contributed by atoms with Crippen LogP contribution in [-0.4, -0.2) is 16.1 Å². The lowest BCUT2D eigenvalue weighted by atomic mass is 10.0. The summed E-state index contributed by atoms with van der Waals surface area (Å²) in [5, 5.41) is 14.9. The standard InChI is InChI=1S/C13H14N2O2S/c1-9-8-18-13(15-9)14-7-11-5-3-2-4-10(11)6-12(16)17/h2-5,8H,6-7H2,1H3,(H,14,15)(H,16,17). The fraction of sp³-hybridized carbons (Fsp3) is 0.231. The second kappa shape index (κ2) is 5.64. The Kier molecular flexibility index (Phi) is 3.94. The average Bonchev–Trinajstić information content (AvgIpc) is 2.73. The molecule has 94 valence electrons. The molecule has 0 fully saturated rings. The van der Waals surface area contributed by atoms with Gasteiger partial charge in [-0.1, -0.05) is 24.3 Å². The predicted molar refractivity (Wildman–Crippen MR) is 72.0 cm³/mol. The van der Waals surface area contributed by atoms with Crippen molar-refractivity contribution < 1.29 is 9.90 Å². The molecule has 1 aromatic heterocycles. The molecule has 0 saturated carbocycles. The number of hydrogen-bond acceptors (Lipinski definition) is 4. The van der Waals surface area contributed by atoms with Gasteiger partial charge in [-0.25, -0.2) is 4.98 Å². The zero-order valence-corrected chi connectivity index (χ0v) is 10.8. The average molecular weight is 262 g/mol. The summed E-state index contributed by atoms with van der Waals surface area (Å²) in [6, 6.07) is 7.55. The third kappa shape index (κ3) is 3.30. The molecule has 1 aromatic carbocycles. The lowest BCUT2D eigenvalue weighted by molar-refractivity contribution is -0.136. The summed E-state index contributed by atoms with van der Waals surface area (Å²) >= 11 is 1.55. The van der Waals surface area contributed by atoms with Gasteiger partial charge in [0.25, 0.3) is 0 Å². The molecule has 18 heavy (non-hydrogen) atoms. The van der Waals surface area contributed by atoms with E-state index in [4.69, 9.17) is 5.11 Å². The quantitative estimate of drug-likeness (QED) is 0.869. The number of hydrogen-bond donors (Lipinski definition) is 2. The minimum Gasteiger partial charge on any atom is -0.481 e. The Morgan fingerprint density at radius 2 is 2.11 bits per heavy atom. The van der Waals surface area contributed by atoms with Gasteiger partial charge in [0.2, 0.25) is 0 Å². The number of aryl methyl sites for hydroxylation is 1. The molecule has 2 aromatic rings. The van der Waals surface area contributed by atoms with E-state index in [-0.39, 0.29) is 6.42 Å². The number of carbonyl (C=O) groups is 1. The van der Waals surface area contributed by atoms with Crippen molar-refractivity contribution in [2.45, 2.75) is 19.9 Å². The minimum absolute atomic E-state index is 0.0503. The van der Waals surface area contributed by atoms with Crippen molar-refractivity contribution >= 4 is 22.4 Å². The van der Waals surface area contributed by atoms with E-state index < -0.39 is 5.97 Å². The Bertz CT molecular complexity index is 551. The van der Waals surface area contributed by atoms with Crippen LogP contribution >= 0.6 is 11.3 Å². The molecule has 4 nitrogen and oxygen atoms in total. The van der Waals surface area contributed by atoms with E-state index in [1.165, 1.54) is 0 Å². The third-order valence-electron chi connectivity index (χ3n) is 2.51. The number of rotatable bonds is 5. The maximum Gasteiger partial charge on any atom is 0.307 e. The maximum atomic E-state index is 10.8. The van der Waals surface area contributed by atoms with E-state index in [0.717, 1.165) is 22.0 Å². The zero-order valence-electron chi connectivity index (χ0n) is 10.0. The predicted octanol–water partition coefficient (Wildman–Crippen LogP) is 2.69. The molecule has 0 saturated heterocycles. The number of thiazole rings is 1. The molecular weight excluding hydrogens is 248 g/mol. The second-order valence-electron chi connectivity index (χ2n) is 3.99. The van der Waals surface area contributed by atoms with Gasteiger partial charge in [0.15, 0.2) is 5.13 Å². The fourth-order valence-corrected chi connectivity index (χ4v) is 2.36. The minimum atomic E-state index is -0.812. The Hall–Kier alpha value is -1.88. The molecular formula is C13H14N2O2S. The molecule has 5 heteroatoms. The molecule has 0 radical (unpaired) electrons. The van der Waals surface area contributed by atoms with Crippen LogP contribution in [0.25, 0.3) is 0 Å². The van der Waals surface area contributed by atoms with Gasteiger partial charge in [0.05, 0.1) is 12.1 Å². The molecule has 1 heterocycles. The third-order valence-corrected chi connectivity index (χ3v) is 3.43. The van der Waals surface area contributed by atoms with E-state index in [2.05, 4.69) is 10.3 Å². The molecule has 0 aliphatic carbocycles. The Balaban J connectivity index is 2.06. The smallest absolute Gasteiger partial charge is 0.307 e. The van der Waals surface area contributed by atoms with Crippen LogP contribution in [0.5, 0.6) is 0 Å². The van der Waals surface area contributed by atoms with Crippen molar-refractivity contribution in [1.82, 2.24) is 4.98 Å². The van der Waals surface area contributed by atoms with E-state index in [9.17, 15) is 4.79 Å². The maximum absolute atomic E-state index is 10.8. The van der Waals surface area contributed by atoms with Crippen molar-refractivity contribution in [3.05, 3.63) is 46.5 Å². The molecule has 0 amide bonds. The van der Waals surface area contributed by atoms with Gasteiger partial charge in [-0.3, -0.25) is 4.79 Å². The highest BCUT2D eigenvalue weighted by Gasteiger charge is 2.06. The molecule has 0 aliphatic rings. The Morgan fingerprint density at radius 1 is 1.39 bits per heavy atom. The highest BCUT2D eigenvalue weighted by Crippen LogP contribution is 2.17. The van der Waals surface area contributed by atoms with Crippen LogP contribution in [-0.2, 0) is 17.8 Å². The van der Waals surface area contributed by atoms with Crippen molar-refractivity contribution in [1.29, 1.82) is 0 Å². The van der Waals surface area contributed by atoms with Crippen molar-refractivity contribution in [3.63, 3.8) is 0 Å². The van der Waals surface area contributed by atoms with Crippen LogP contribution in [0.3, 0.4) is 0 Å². The van der Waals surface area contributed by atoms with Gasteiger partial charge >= 0.3 is 5.97 Å². The molecule has 0 atom stereocenters. The largest absolute Gasteiger partial charge is 0.481 e. The summed E-state index contributed by atoms with van der Waals surface area (Å²) in [6.45, 7) is 2.54. The van der Waals surface area contributed by atoms with E-state index in [1.54, 1.807) is 11.3 Å². The highest BCUT2D eigenvalue weighted by atomic mass is 32.1. The summed E-state index contributed by atoms with van der Waals surface area (Å²) in [6.07, 6.45) is 0.0503. The number of carboxylic acids is 1. The Morgan fingerprint density at radius 3 is 2.72 bits per heavy atom. The number of anilines is 1. The summed E-state index contributed by atoms with van der Waals surface area (Å²) in [5.74, 6) is -0.812. The van der Waals surface area contributed by atoms with Crippen LogP contribution in [0.1, 0.15) is 16.8 Å². The van der Waals surface area contributed by atoms with E-state index in [0.29, 0.717) is 6.54 Å². The first-order valence-corrected chi connectivity index (χ1v) is 6.47.